The van der Waals surface area contributed by atoms with E-state index < -0.39 is 4.92 Å². The van der Waals surface area contributed by atoms with E-state index in [2.05, 4.69) is 4.99 Å². The standard InChI is InChI=1S/C19H14N4O5S/c24-18-17(7-12-2-1-3-14(6-12)23(25)26)29-19-20-9-21(10-22(18)19)13-4-5-15-16(8-13)28-11-27-15/h1-8H,9-11H2/b17-7+. The fourth-order valence-electron chi connectivity index (χ4n) is 3.24. The van der Waals surface area contributed by atoms with Gasteiger partial charge in [-0.3, -0.25) is 19.5 Å². The third kappa shape index (κ3) is 3.13. The van der Waals surface area contributed by atoms with E-state index in [0.29, 0.717) is 39.7 Å². The fourth-order valence-corrected chi connectivity index (χ4v) is 4.20. The van der Waals surface area contributed by atoms with E-state index in [1.165, 1.54) is 23.5 Å². The van der Waals surface area contributed by atoms with Crippen LogP contribution in [-0.2, 0) is 6.67 Å². The molecule has 3 heterocycles. The molecule has 0 saturated heterocycles. The Kier molecular flexibility index (Phi) is 4.06. The van der Waals surface area contributed by atoms with Gasteiger partial charge in [-0.25, -0.2) is 4.99 Å². The molecule has 0 fully saturated rings. The molecule has 10 heteroatoms. The number of non-ortho nitro benzene ring substituents is 1. The Morgan fingerprint density at radius 3 is 2.90 bits per heavy atom. The van der Waals surface area contributed by atoms with Crippen molar-refractivity contribution >= 4 is 28.8 Å². The third-order valence-corrected chi connectivity index (χ3v) is 5.72. The molecule has 29 heavy (non-hydrogen) atoms. The van der Waals surface area contributed by atoms with Gasteiger partial charge in [-0.05, 0) is 23.8 Å². The number of nitrogens with zero attached hydrogens (tertiary/aromatic N) is 4. The first-order chi connectivity index (χ1) is 14.1. The largest absolute Gasteiger partial charge is 0.454 e. The van der Waals surface area contributed by atoms with Crippen molar-refractivity contribution in [2.24, 2.45) is 4.99 Å². The van der Waals surface area contributed by atoms with Gasteiger partial charge in [-0.1, -0.05) is 23.5 Å². The summed E-state index contributed by atoms with van der Waals surface area (Å²) in [5.41, 5.74) is 1.29. The molecule has 0 radical (unpaired) electrons. The summed E-state index contributed by atoms with van der Waals surface area (Å²) in [5.74, 6) is 1.37. The minimum absolute atomic E-state index is 0.0150. The van der Waals surface area contributed by atoms with E-state index in [0.717, 1.165) is 5.69 Å². The van der Waals surface area contributed by atoms with Crippen molar-refractivity contribution < 1.29 is 14.4 Å². The van der Waals surface area contributed by atoms with E-state index in [9.17, 15) is 14.9 Å². The first-order valence-corrected chi connectivity index (χ1v) is 9.55. The van der Waals surface area contributed by atoms with Gasteiger partial charge >= 0.3 is 0 Å². The minimum Gasteiger partial charge on any atom is -0.454 e. The van der Waals surface area contributed by atoms with Gasteiger partial charge in [0.15, 0.2) is 16.3 Å². The Hall–Kier alpha value is -3.66. The summed E-state index contributed by atoms with van der Waals surface area (Å²) in [6.45, 7) is 0.973. The first-order valence-electron chi connectivity index (χ1n) is 8.73. The highest BCUT2D eigenvalue weighted by atomic mass is 32.1. The summed E-state index contributed by atoms with van der Waals surface area (Å²) in [6, 6.07) is 11.8. The zero-order valence-electron chi connectivity index (χ0n) is 15.0. The van der Waals surface area contributed by atoms with Gasteiger partial charge < -0.3 is 14.4 Å². The average molecular weight is 410 g/mol. The van der Waals surface area contributed by atoms with Crippen LogP contribution in [0.2, 0.25) is 0 Å². The van der Waals surface area contributed by atoms with E-state index in [4.69, 9.17) is 9.47 Å². The normalized spacial score (nSPS) is 15.2. The van der Waals surface area contributed by atoms with Crippen LogP contribution < -0.4 is 29.3 Å². The lowest BCUT2D eigenvalue weighted by Gasteiger charge is -2.25. The Balaban J connectivity index is 1.49. The molecule has 0 saturated carbocycles. The lowest BCUT2D eigenvalue weighted by molar-refractivity contribution is -0.384. The third-order valence-electron chi connectivity index (χ3n) is 4.68. The van der Waals surface area contributed by atoms with Crippen LogP contribution in [0.25, 0.3) is 6.08 Å². The predicted octanol–water partition coefficient (Wildman–Crippen LogP) is 1.43. The van der Waals surface area contributed by atoms with Gasteiger partial charge in [0.25, 0.3) is 11.2 Å². The van der Waals surface area contributed by atoms with Crippen LogP contribution in [0.4, 0.5) is 11.4 Å². The molecule has 0 atom stereocenters. The van der Waals surface area contributed by atoms with Crippen LogP contribution >= 0.6 is 11.3 Å². The van der Waals surface area contributed by atoms with Crippen LogP contribution in [0.3, 0.4) is 0 Å². The molecule has 0 amide bonds. The first kappa shape index (κ1) is 17.4. The van der Waals surface area contributed by atoms with Crippen molar-refractivity contribution in [3.63, 3.8) is 0 Å². The molecule has 0 spiro atoms. The topological polar surface area (TPSA) is 99.2 Å². The SMILES string of the molecule is O=c1/c(=C\c2cccc([N+](=O)[O-])c2)sc2n1CN(c1ccc3c(c1)OCO3)CN=2. The maximum Gasteiger partial charge on any atom is 0.271 e. The second kappa shape index (κ2) is 6.74. The van der Waals surface area contributed by atoms with Gasteiger partial charge in [0, 0.05) is 23.9 Å². The number of anilines is 1. The lowest BCUT2D eigenvalue weighted by Crippen LogP contribution is -2.42. The Morgan fingerprint density at radius 1 is 1.17 bits per heavy atom. The predicted molar refractivity (Wildman–Crippen MR) is 106 cm³/mol. The summed E-state index contributed by atoms with van der Waals surface area (Å²) in [7, 11) is 0. The molecule has 2 aliphatic heterocycles. The van der Waals surface area contributed by atoms with E-state index in [1.807, 2.05) is 23.1 Å². The summed E-state index contributed by atoms with van der Waals surface area (Å²) < 4.78 is 12.8. The zero-order valence-corrected chi connectivity index (χ0v) is 15.8. The van der Waals surface area contributed by atoms with E-state index in [-0.39, 0.29) is 18.0 Å². The van der Waals surface area contributed by atoms with Crippen LogP contribution in [0.1, 0.15) is 5.56 Å². The number of aromatic nitrogens is 1. The van der Waals surface area contributed by atoms with Crippen LogP contribution in [0.15, 0.2) is 52.3 Å². The maximum atomic E-state index is 12.9. The molecule has 2 aromatic carbocycles. The van der Waals surface area contributed by atoms with Gasteiger partial charge in [-0.2, -0.15) is 0 Å². The molecule has 0 N–H and O–H groups in total. The van der Waals surface area contributed by atoms with E-state index in [1.54, 1.807) is 22.8 Å². The Morgan fingerprint density at radius 2 is 2.03 bits per heavy atom. The van der Waals surface area contributed by atoms with Gasteiger partial charge in [0.2, 0.25) is 6.79 Å². The Bertz CT molecular complexity index is 1310. The smallest absolute Gasteiger partial charge is 0.271 e. The molecule has 2 aliphatic rings. The van der Waals surface area contributed by atoms with Gasteiger partial charge in [0.1, 0.15) is 13.3 Å². The number of benzene rings is 2. The van der Waals surface area contributed by atoms with E-state index >= 15 is 0 Å². The highest BCUT2D eigenvalue weighted by Gasteiger charge is 2.19. The van der Waals surface area contributed by atoms with Crippen LogP contribution in [0.5, 0.6) is 11.5 Å². The van der Waals surface area contributed by atoms with Gasteiger partial charge in [-0.15, -0.1) is 0 Å². The molecule has 146 valence electrons. The average Bonchev–Trinajstić information content (AvgIpc) is 3.32. The number of ether oxygens (including phenoxy) is 2. The Labute approximate surface area is 167 Å². The molecule has 0 aliphatic carbocycles. The minimum atomic E-state index is -0.456. The summed E-state index contributed by atoms with van der Waals surface area (Å²) >= 11 is 1.28. The lowest BCUT2D eigenvalue weighted by atomic mass is 10.2. The van der Waals surface area contributed by atoms with Crippen molar-refractivity contribution in [1.82, 2.24) is 4.57 Å². The molecule has 5 rings (SSSR count). The molecule has 0 bridgehead atoms. The maximum absolute atomic E-state index is 12.9. The number of hydrogen-bond donors (Lipinski definition) is 0. The molecular weight excluding hydrogens is 396 g/mol. The summed E-state index contributed by atoms with van der Waals surface area (Å²) in [6.07, 6.45) is 1.66. The number of thiazole rings is 1. The quantitative estimate of drug-likeness (QED) is 0.479. The molecule has 3 aromatic rings. The van der Waals surface area contributed by atoms with Crippen molar-refractivity contribution in [2.45, 2.75) is 6.67 Å². The summed E-state index contributed by atoms with van der Waals surface area (Å²) in [4.78, 5) is 30.5. The molecule has 9 nitrogen and oxygen atoms in total. The fraction of sp³-hybridized carbons (Fsp3) is 0.158. The highest BCUT2D eigenvalue weighted by molar-refractivity contribution is 7.07. The number of rotatable bonds is 3. The number of hydrogen-bond acceptors (Lipinski definition) is 8. The number of nitro groups is 1. The van der Waals surface area contributed by atoms with Crippen molar-refractivity contribution in [1.29, 1.82) is 0 Å². The number of nitro benzene ring substituents is 1. The molecular formula is C19H14N4O5S. The summed E-state index contributed by atoms with van der Waals surface area (Å²) in [5, 5.41) is 11.0. The zero-order chi connectivity index (χ0) is 20.0. The molecule has 1 aromatic heterocycles. The molecule has 0 unspecified atom stereocenters. The van der Waals surface area contributed by atoms with Crippen molar-refractivity contribution in [3.8, 4) is 11.5 Å². The van der Waals surface area contributed by atoms with Crippen molar-refractivity contribution in [2.75, 3.05) is 18.4 Å². The second-order valence-corrected chi connectivity index (χ2v) is 7.51. The monoisotopic (exact) mass is 410 g/mol. The van der Waals surface area contributed by atoms with Crippen LogP contribution in [-0.4, -0.2) is 23.0 Å². The van der Waals surface area contributed by atoms with Gasteiger partial charge in [0.05, 0.1) is 9.46 Å². The van der Waals surface area contributed by atoms with Crippen LogP contribution in [0, 0.1) is 10.1 Å². The number of fused-ring (bicyclic) bond motifs is 2. The van der Waals surface area contributed by atoms with Crippen molar-refractivity contribution in [3.05, 3.63) is 77.8 Å². The second-order valence-electron chi connectivity index (χ2n) is 6.50. The highest BCUT2D eigenvalue weighted by Crippen LogP contribution is 2.35.